The van der Waals surface area contributed by atoms with Crippen molar-refractivity contribution in [2.24, 2.45) is 7.05 Å². The van der Waals surface area contributed by atoms with Crippen molar-refractivity contribution in [1.82, 2.24) is 13.7 Å². The summed E-state index contributed by atoms with van der Waals surface area (Å²) in [4.78, 5) is 39.2. The number of nitrogens with zero attached hydrogens (tertiary/aromatic N) is 3. The fourth-order valence-electron chi connectivity index (χ4n) is 3.45. The second-order valence-electron chi connectivity index (χ2n) is 6.98. The van der Waals surface area contributed by atoms with Crippen LogP contribution in [0.5, 0.6) is 0 Å². The van der Waals surface area contributed by atoms with Gasteiger partial charge in [-0.15, -0.1) is 0 Å². The summed E-state index contributed by atoms with van der Waals surface area (Å²) in [6, 6.07) is 17.1. The van der Waals surface area contributed by atoms with Gasteiger partial charge in [0.1, 0.15) is 12.1 Å². The molecule has 1 N–H and O–H groups in total. The second-order valence-corrected chi connectivity index (χ2v) is 7.42. The quantitative estimate of drug-likeness (QED) is 0.549. The standard InChI is InChI=1S/C22H19ClN4O3/c1-14-11-18-20(25(14)2)21(29)27(17-9-4-3-5-10-17)22(30)26(18)13-19(28)24-16-8-6-7-15(23)12-16/h3-12H,13H2,1-2H3,(H,24,28). The van der Waals surface area contributed by atoms with E-state index in [1.54, 1.807) is 72.3 Å². The Morgan fingerprint density at radius 2 is 1.77 bits per heavy atom. The van der Waals surface area contributed by atoms with Crippen molar-refractivity contribution in [1.29, 1.82) is 0 Å². The minimum absolute atomic E-state index is 0.252. The van der Waals surface area contributed by atoms with Crippen LogP contribution in [0.25, 0.3) is 16.7 Å². The molecular formula is C22H19ClN4O3. The van der Waals surface area contributed by atoms with Crippen LogP contribution in [0.15, 0.2) is 70.3 Å². The first-order chi connectivity index (χ1) is 14.4. The monoisotopic (exact) mass is 422 g/mol. The molecule has 0 saturated heterocycles. The van der Waals surface area contributed by atoms with Gasteiger partial charge < -0.3 is 9.88 Å². The third-order valence-electron chi connectivity index (χ3n) is 5.00. The molecule has 0 atom stereocenters. The topological polar surface area (TPSA) is 78.0 Å². The van der Waals surface area contributed by atoms with E-state index in [4.69, 9.17) is 11.6 Å². The zero-order valence-electron chi connectivity index (χ0n) is 16.4. The molecular weight excluding hydrogens is 404 g/mol. The molecule has 2 aromatic heterocycles. The normalized spacial score (nSPS) is 11.0. The summed E-state index contributed by atoms with van der Waals surface area (Å²) in [5.74, 6) is -0.402. The number of hydrogen-bond acceptors (Lipinski definition) is 3. The summed E-state index contributed by atoms with van der Waals surface area (Å²) in [6.45, 7) is 1.59. The lowest BCUT2D eigenvalue weighted by Crippen LogP contribution is -2.41. The summed E-state index contributed by atoms with van der Waals surface area (Å²) in [7, 11) is 1.76. The largest absolute Gasteiger partial charge is 0.342 e. The van der Waals surface area contributed by atoms with Crippen molar-refractivity contribution >= 4 is 34.2 Å². The molecule has 1 amide bonds. The highest BCUT2D eigenvalue weighted by atomic mass is 35.5. The van der Waals surface area contributed by atoms with Crippen LogP contribution >= 0.6 is 11.6 Å². The maximum absolute atomic E-state index is 13.3. The molecule has 2 aromatic carbocycles. The predicted molar refractivity (Wildman–Crippen MR) is 118 cm³/mol. The van der Waals surface area contributed by atoms with Gasteiger partial charge in [-0.25, -0.2) is 9.36 Å². The molecule has 0 spiro atoms. The van der Waals surface area contributed by atoms with Crippen LogP contribution in [0.4, 0.5) is 5.69 Å². The molecule has 7 nitrogen and oxygen atoms in total. The van der Waals surface area contributed by atoms with Crippen LogP contribution in [-0.2, 0) is 18.4 Å². The average Bonchev–Trinajstić information content (AvgIpc) is 3.01. The van der Waals surface area contributed by atoms with Crippen LogP contribution in [0, 0.1) is 6.92 Å². The molecule has 2 heterocycles. The van der Waals surface area contributed by atoms with E-state index in [0.717, 1.165) is 10.3 Å². The van der Waals surface area contributed by atoms with E-state index in [2.05, 4.69) is 5.32 Å². The van der Waals surface area contributed by atoms with Crippen molar-refractivity contribution in [3.8, 4) is 5.69 Å². The fraction of sp³-hybridized carbons (Fsp3) is 0.136. The van der Waals surface area contributed by atoms with Gasteiger partial charge in [0.2, 0.25) is 5.91 Å². The van der Waals surface area contributed by atoms with Crippen molar-refractivity contribution < 1.29 is 4.79 Å². The zero-order chi connectivity index (χ0) is 21.4. The van der Waals surface area contributed by atoms with Gasteiger partial charge in [0, 0.05) is 23.5 Å². The molecule has 0 radical (unpaired) electrons. The van der Waals surface area contributed by atoms with E-state index in [1.165, 1.54) is 4.57 Å². The summed E-state index contributed by atoms with van der Waals surface area (Å²) in [6.07, 6.45) is 0. The molecule has 0 unspecified atom stereocenters. The maximum atomic E-state index is 13.3. The summed E-state index contributed by atoms with van der Waals surface area (Å²) < 4.78 is 4.13. The number of carbonyl (C=O) groups is 1. The molecule has 4 rings (SSSR count). The Labute approximate surface area is 176 Å². The first kappa shape index (κ1) is 19.7. The number of benzene rings is 2. The molecule has 0 bridgehead atoms. The Hall–Kier alpha value is -3.58. The van der Waals surface area contributed by atoms with Crippen molar-refractivity contribution in [3.05, 3.63) is 92.2 Å². The fourth-order valence-corrected chi connectivity index (χ4v) is 3.64. The number of hydrogen-bond donors (Lipinski definition) is 1. The first-order valence-electron chi connectivity index (χ1n) is 9.29. The number of halogens is 1. The number of anilines is 1. The van der Waals surface area contributed by atoms with Crippen LogP contribution in [-0.4, -0.2) is 19.6 Å². The molecule has 8 heteroatoms. The average molecular weight is 423 g/mol. The Bertz CT molecular complexity index is 1380. The Kier molecular flexibility index (Phi) is 5.05. The van der Waals surface area contributed by atoms with Gasteiger partial charge in [0.25, 0.3) is 5.56 Å². The zero-order valence-corrected chi connectivity index (χ0v) is 17.2. The van der Waals surface area contributed by atoms with E-state index < -0.39 is 17.2 Å². The Morgan fingerprint density at radius 1 is 1.03 bits per heavy atom. The van der Waals surface area contributed by atoms with E-state index >= 15 is 0 Å². The third kappa shape index (κ3) is 3.44. The molecule has 0 aliphatic carbocycles. The lowest BCUT2D eigenvalue weighted by Gasteiger charge is -2.13. The van der Waals surface area contributed by atoms with Crippen molar-refractivity contribution in [2.45, 2.75) is 13.5 Å². The highest BCUT2D eigenvalue weighted by Gasteiger charge is 2.20. The number of para-hydroxylation sites is 1. The van der Waals surface area contributed by atoms with Crippen molar-refractivity contribution in [3.63, 3.8) is 0 Å². The molecule has 0 aliphatic heterocycles. The molecule has 0 aliphatic rings. The molecule has 152 valence electrons. The van der Waals surface area contributed by atoms with Gasteiger partial charge in [-0.1, -0.05) is 35.9 Å². The van der Waals surface area contributed by atoms with Crippen LogP contribution in [0.1, 0.15) is 5.69 Å². The lowest BCUT2D eigenvalue weighted by molar-refractivity contribution is -0.116. The number of nitrogens with one attached hydrogen (secondary N) is 1. The van der Waals surface area contributed by atoms with E-state index in [9.17, 15) is 14.4 Å². The van der Waals surface area contributed by atoms with E-state index in [0.29, 0.717) is 27.4 Å². The number of aryl methyl sites for hydroxylation is 2. The molecule has 0 saturated carbocycles. The van der Waals surface area contributed by atoms with Gasteiger partial charge in [-0.05, 0) is 43.3 Å². The minimum Gasteiger partial charge on any atom is -0.342 e. The number of fused-ring (bicyclic) bond motifs is 1. The molecule has 4 aromatic rings. The summed E-state index contributed by atoms with van der Waals surface area (Å²) in [5.41, 5.74) is 1.53. The highest BCUT2D eigenvalue weighted by Crippen LogP contribution is 2.17. The van der Waals surface area contributed by atoms with Gasteiger partial charge in [0.05, 0.1) is 11.2 Å². The summed E-state index contributed by atoms with van der Waals surface area (Å²) in [5, 5.41) is 3.23. The minimum atomic E-state index is -0.578. The Morgan fingerprint density at radius 3 is 2.47 bits per heavy atom. The smallest absolute Gasteiger partial charge is 0.336 e. The highest BCUT2D eigenvalue weighted by molar-refractivity contribution is 6.30. The molecule has 0 fully saturated rings. The van der Waals surface area contributed by atoms with Gasteiger partial charge in [-0.3, -0.25) is 14.2 Å². The van der Waals surface area contributed by atoms with Crippen LogP contribution in [0.3, 0.4) is 0 Å². The SMILES string of the molecule is Cc1cc2c(c(=O)n(-c3ccccc3)c(=O)n2CC(=O)Nc2cccc(Cl)c2)n1C. The Balaban J connectivity index is 1.87. The third-order valence-corrected chi connectivity index (χ3v) is 5.23. The second kappa shape index (κ2) is 7.68. The van der Waals surface area contributed by atoms with Crippen molar-refractivity contribution in [2.75, 3.05) is 5.32 Å². The summed E-state index contributed by atoms with van der Waals surface area (Å²) >= 11 is 5.97. The predicted octanol–water partition coefficient (Wildman–Crippen LogP) is 3.09. The van der Waals surface area contributed by atoms with Crippen LogP contribution < -0.4 is 16.6 Å². The molecule has 30 heavy (non-hydrogen) atoms. The van der Waals surface area contributed by atoms with Gasteiger partial charge in [0.15, 0.2) is 0 Å². The van der Waals surface area contributed by atoms with Crippen LogP contribution in [0.2, 0.25) is 5.02 Å². The van der Waals surface area contributed by atoms with Gasteiger partial charge >= 0.3 is 5.69 Å². The van der Waals surface area contributed by atoms with E-state index in [-0.39, 0.29) is 6.54 Å². The number of rotatable bonds is 4. The first-order valence-corrected chi connectivity index (χ1v) is 9.67. The number of carbonyl (C=O) groups excluding carboxylic acids is 1. The number of amides is 1. The maximum Gasteiger partial charge on any atom is 0.336 e. The van der Waals surface area contributed by atoms with Gasteiger partial charge in [-0.2, -0.15) is 0 Å². The van der Waals surface area contributed by atoms with E-state index in [1.807, 2.05) is 6.92 Å². The lowest BCUT2D eigenvalue weighted by atomic mass is 10.3. The number of aromatic nitrogens is 3.